The molecule has 0 amide bonds. The van der Waals surface area contributed by atoms with Crippen molar-refractivity contribution in [2.45, 2.75) is 19.3 Å². The Morgan fingerprint density at radius 3 is 1.85 bits per heavy atom. The molecule has 0 N–H and O–H groups in total. The Morgan fingerprint density at radius 2 is 1.02 bits per heavy atom. The summed E-state index contributed by atoms with van der Waals surface area (Å²) in [5.41, 5.74) is 18.8. The zero-order valence-corrected chi connectivity index (χ0v) is 33.3. The Labute approximate surface area is 348 Å². The zero-order valence-electron chi connectivity index (χ0n) is 33.3. The van der Waals surface area contributed by atoms with Crippen molar-refractivity contribution >= 4 is 60.9 Å². The second-order valence-electron chi connectivity index (χ2n) is 16.4. The van der Waals surface area contributed by atoms with E-state index in [1.165, 1.54) is 44.5 Å². The van der Waals surface area contributed by atoms with E-state index in [0.29, 0.717) is 0 Å². The number of hydrogen-bond donors (Lipinski definition) is 0. The first-order chi connectivity index (χ1) is 29.5. The van der Waals surface area contributed by atoms with Gasteiger partial charge >= 0.3 is 0 Å². The van der Waals surface area contributed by atoms with Gasteiger partial charge in [-0.2, -0.15) is 0 Å². The van der Waals surface area contributed by atoms with Gasteiger partial charge in [0, 0.05) is 38.5 Å². The van der Waals surface area contributed by atoms with E-state index >= 15 is 0 Å². The quantitative estimate of drug-likeness (QED) is 0.169. The topological polar surface area (TPSA) is 29.5 Å². The lowest BCUT2D eigenvalue weighted by Gasteiger charge is -2.28. The monoisotopic (exact) mass is 769 g/mol. The molecule has 0 radical (unpaired) electrons. The van der Waals surface area contributed by atoms with E-state index in [2.05, 4.69) is 213 Å². The van der Waals surface area contributed by atoms with Crippen LogP contribution in [0.4, 0.5) is 17.1 Å². The minimum atomic E-state index is -0.151. The van der Waals surface area contributed by atoms with Crippen molar-refractivity contribution in [3.63, 3.8) is 0 Å². The average molecular weight is 770 g/mol. The standard InChI is InChI=1S/C57H39NO2/c1-57(2)48-32-31-41(35-47(48)54-42(19-12-22-49(54)57)37-16-7-4-8-17-37)58(50-23-13-25-53-55(50)45-18-9-10-24-51(45)59-53)40-29-26-38(27-30-40)43-20-11-21-44-46-34-39(36-14-5-3-6-15-36)28-33-52(46)60-56(43)44/h3-35H,1-2H3. The third kappa shape index (κ3) is 5.22. The molecule has 0 saturated carbocycles. The second kappa shape index (κ2) is 13.2. The van der Waals surface area contributed by atoms with E-state index in [0.717, 1.165) is 72.1 Å². The molecule has 0 atom stereocenters. The smallest absolute Gasteiger partial charge is 0.143 e. The van der Waals surface area contributed by atoms with Gasteiger partial charge < -0.3 is 13.7 Å². The van der Waals surface area contributed by atoms with Crippen LogP contribution in [0.25, 0.3) is 88.4 Å². The summed E-state index contributed by atoms with van der Waals surface area (Å²) in [4.78, 5) is 2.40. The lowest BCUT2D eigenvalue weighted by molar-refractivity contribution is 0.660. The Balaban J connectivity index is 1.03. The van der Waals surface area contributed by atoms with Gasteiger partial charge in [0.2, 0.25) is 0 Å². The van der Waals surface area contributed by atoms with E-state index in [1.54, 1.807) is 0 Å². The summed E-state index contributed by atoms with van der Waals surface area (Å²) in [5.74, 6) is 0. The van der Waals surface area contributed by atoms with Crippen LogP contribution in [0.5, 0.6) is 0 Å². The number of rotatable bonds is 6. The van der Waals surface area contributed by atoms with Crippen molar-refractivity contribution in [1.29, 1.82) is 0 Å². The number of hydrogen-bond acceptors (Lipinski definition) is 3. The Bertz CT molecular complexity index is 3450. The molecule has 0 fully saturated rings. The minimum absolute atomic E-state index is 0.151. The van der Waals surface area contributed by atoms with E-state index in [-0.39, 0.29) is 5.41 Å². The Morgan fingerprint density at radius 1 is 0.383 bits per heavy atom. The highest BCUT2D eigenvalue weighted by Gasteiger charge is 2.37. The maximum absolute atomic E-state index is 6.63. The van der Waals surface area contributed by atoms with E-state index < -0.39 is 0 Å². The highest BCUT2D eigenvalue weighted by molar-refractivity contribution is 6.14. The molecule has 0 bridgehead atoms. The summed E-state index contributed by atoms with van der Waals surface area (Å²) >= 11 is 0. The summed E-state index contributed by atoms with van der Waals surface area (Å²) in [6, 6.07) is 71.8. The molecule has 0 aliphatic heterocycles. The number of benzene rings is 9. The highest BCUT2D eigenvalue weighted by Crippen LogP contribution is 2.54. The van der Waals surface area contributed by atoms with Gasteiger partial charge in [-0.3, -0.25) is 0 Å². The summed E-state index contributed by atoms with van der Waals surface area (Å²) in [7, 11) is 0. The van der Waals surface area contributed by atoms with Crippen LogP contribution in [0.1, 0.15) is 25.0 Å². The van der Waals surface area contributed by atoms with Gasteiger partial charge in [-0.05, 0) is 105 Å². The Hall–Kier alpha value is -7.62. The molecule has 2 heterocycles. The second-order valence-corrected chi connectivity index (χ2v) is 16.4. The lowest BCUT2D eigenvalue weighted by atomic mass is 9.82. The molecule has 1 aliphatic rings. The van der Waals surface area contributed by atoms with Gasteiger partial charge in [-0.15, -0.1) is 0 Å². The fourth-order valence-corrected chi connectivity index (χ4v) is 9.79. The van der Waals surface area contributed by atoms with Crippen LogP contribution in [0.15, 0.2) is 209 Å². The van der Waals surface area contributed by atoms with Gasteiger partial charge in [0.05, 0.1) is 11.1 Å². The third-order valence-corrected chi connectivity index (χ3v) is 12.7. The first kappa shape index (κ1) is 34.4. The fraction of sp³-hybridized carbons (Fsp3) is 0.0526. The number of anilines is 3. The summed E-state index contributed by atoms with van der Waals surface area (Å²) in [6.45, 7) is 4.71. The van der Waals surface area contributed by atoms with Crippen molar-refractivity contribution < 1.29 is 8.83 Å². The average Bonchev–Trinajstić information content (AvgIpc) is 3.95. The predicted molar refractivity (Wildman–Crippen MR) is 250 cm³/mol. The zero-order chi connectivity index (χ0) is 40.0. The van der Waals surface area contributed by atoms with Crippen LogP contribution >= 0.6 is 0 Å². The van der Waals surface area contributed by atoms with Crippen LogP contribution in [0.3, 0.4) is 0 Å². The molecule has 3 nitrogen and oxygen atoms in total. The molecule has 3 heteroatoms. The molecule has 0 spiro atoms. The van der Waals surface area contributed by atoms with Gasteiger partial charge in [-0.1, -0.05) is 159 Å². The maximum Gasteiger partial charge on any atom is 0.143 e. The van der Waals surface area contributed by atoms with E-state index in [1.807, 2.05) is 6.07 Å². The molecule has 9 aromatic carbocycles. The molecule has 0 unspecified atom stereocenters. The van der Waals surface area contributed by atoms with Gasteiger partial charge in [0.25, 0.3) is 0 Å². The van der Waals surface area contributed by atoms with Crippen LogP contribution in [0, 0.1) is 0 Å². The van der Waals surface area contributed by atoms with Gasteiger partial charge in [-0.25, -0.2) is 0 Å². The SMILES string of the molecule is CC1(C)c2ccc(N(c3ccc(-c4cccc5c4oc4ccc(-c6ccccc6)cc45)cc3)c3cccc4oc5ccccc5c34)cc2-c2c(-c3ccccc3)cccc21. The first-order valence-electron chi connectivity index (χ1n) is 20.7. The number of nitrogens with zero attached hydrogens (tertiary/aromatic N) is 1. The van der Waals surface area contributed by atoms with Crippen molar-refractivity contribution in [3.8, 4) is 44.5 Å². The molecular formula is C57H39NO2. The maximum atomic E-state index is 6.63. The highest BCUT2D eigenvalue weighted by atomic mass is 16.3. The third-order valence-electron chi connectivity index (χ3n) is 12.7. The van der Waals surface area contributed by atoms with Crippen LogP contribution in [-0.4, -0.2) is 0 Å². The first-order valence-corrected chi connectivity index (χ1v) is 20.7. The number of para-hydroxylation sites is 2. The molecule has 284 valence electrons. The van der Waals surface area contributed by atoms with Crippen molar-refractivity contribution in [3.05, 3.63) is 211 Å². The summed E-state index contributed by atoms with van der Waals surface area (Å²) in [5, 5.41) is 4.41. The summed E-state index contributed by atoms with van der Waals surface area (Å²) < 4.78 is 13.1. The van der Waals surface area contributed by atoms with E-state index in [9.17, 15) is 0 Å². The molecule has 12 rings (SSSR count). The van der Waals surface area contributed by atoms with Gasteiger partial charge in [0.1, 0.15) is 22.3 Å². The van der Waals surface area contributed by atoms with Crippen LogP contribution in [-0.2, 0) is 5.41 Å². The lowest BCUT2D eigenvalue weighted by Crippen LogP contribution is -2.15. The largest absolute Gasteiger partial charge is 0.456 e. The molecule has 0 saturated heterocycles. The Kier molecular flexibility index (Phi) is 7.58. The van der Waals surface area contributed by atoms with Crippen molar-refractivity contribution in [2.24, 2.45) is 0 Å². The van der Waals surface area contributed by atoms with E-state index in [4.69, 9.17) is 8.83 Å². The molecule has 1 aliphatic carbocycles. The minimum Gasteiger partial charge on any atom is -0.456 e. The number of fused-ring (bicyclic) bond motifs is 9. The fourth-order valence-electron chi connectivity index (χ4n) is 9.79. The molecule has 2 aromatic heterocycles. The van der Waals surface area contributed by atoms with Crippen LogP contribution in [0.2, 0.25) is 0 Å². The van der Waals surface area contributed by atoms with Crippen molar-refractivity contribution in [2.75, 3.05) is 4.90 Å². The molecule has 60 heavy (non-hydrogen) atoms. The van der Waals surface area contributed by atoms with Gasteiger partial charge in [0.15, 0.2) is 0 Å². The summed E-state index contributed by atoms with van der Waals surface area (Å²) in [6.07, 6.45) is 0. The van der Waals surface area contributed by atoms with Crippen LogP contribution < -0.4 is 4.90 Å². The normalized spacial score (nSPS) is 13.0. The number of furan rings is 2. The molecular weight excluding hydrogens is 731 g/mol. The predicted octanol–water partition coefficient (Wildman–Crippen LogP) is 16.3. The van der Waals surface area contributed by atoms with Crippen molar-refractivity contribution in [1.82, 2.24) is 0 Å². The molecule has 11 aromatic rings.